The van der Waals surface area contributed by atoms with Crippen LogP contribution in [0, 0.1) is 11.8 Å². The third kappa shape index (κ3) is 3.61. The molecule has 1 heterocycles. The third-order valence-electron chi connectivity index (χ3n) is 5.14. The Morgan fingerprint density at radius 3 is 2.52 bits per heavy atom. The smallest absolute Gasteiger partial charge is 0.226 e. The summed E-state index contributed by atoms with van der Waals surface area (Å²) in [4.78, 5) is 15.3. The van der Waals surface area contributed by atoms with Crippen LogP contribution in [-0.2, 0) is 4.79 Å². The van der Waals surface area contributed by atoms with Crippen molar-refractivity contribution in [3.05, 3.63) is 47.5 Å². The van der Waals surface area contributed by atoms with E-state index in [2.05, 4.69) is 36.2 Å². The Bertz CT molecular complexity index is 569. The monoisotopic (exact) mass is 349 g/mol. The summed E-state index contributed by atoms with van der Waals surface area (Å²) in [5.41, 5.74) is 1.19. The second-order valence-electron chi connectivity index (χ2n) is 6.70. The van der Waals surface area contributed by atoms with Crippen LogP contribution in [0.15, 0.2) is 36.9 Å². The maximum atomic E-state index is 13.1. The van der Waals surface area contributed by atoms with Crippen LogP contribution in [0.25, 0.3) is 0 Å². The third-order valence-corrected chi connectivity index (χ3v) is 5.77. The van der Waals surface area contributed by atoms with Crippen molar-refractivity contribution in [1.82, 2.24) is 4.90 Å². The summed E-state index contributed by atoms with van der Waals surface area (Å²) in [7, 11) is 0. The fraction of sp³-hybridized carbons (Fsp3) is 0.526. The molecule has 2 nitrogen and oxygen atoms in total. The van der Waals surface area contributed by atoms with Gasteiger partial charge in [-0.2, -0.15) is 12.6 Å². The number of carbonyl (C=O) groups is 1. The molecular formula is C19H24ClNOS. The zero-order valence-corrected chi connectivity index (χ0v) is 15.0. The SMILES string of the molecule is C=CC[C@H]1CCC(c2ccc(Cl)cc2)N(C(CS)C2CC2)C1=O. The summed E-state index contributed by atoms with van der Waals surface area (Å²) in [6, 6.07) is 8.36. The van der Waals surface area contributed by atoms with Gasteiger partial charge in [-0.15, -0.1) is 6.58 Å². The zero-order chi connectivity index (χ0) is 16.4. The van der Waals surface area contributed by atoms with Gasteiger partial charge in [0.1, 0.15) is 0 Å². The van der Waals surface area contributed by atoms with Crippen LogP contribution >= 0.6 is 24.2 Å². The van der Waals surface area contributed by atoms with Gasteiger partial charge in [-0.3, -0.25) is 4.79 Å². The summed E-state index contributed by atoms with van der Waals surface area (Å²) in [6.45, 7) is 3.81. The van der Waals surface area contributed by atoms with E-state index in [1.54, 1.807) is 0 Å². The number of nitrogens with zero attached hydrogens (tertiary/aromatic N) is 1. The molecule has 1 saturated heterocycles. The predicted octanol–water partition coefficient (Wildman–Crippen LogP) is 4.90. The number of rotatable bonds is 6. The van der Waals surface area contributed by atoms with E-state index in [4.69, 9.17) is 11.6 Å². The lowest BCUT2D eigenvalue weighted by atomic mass is 9.85. The second kappa shape index (κ2) is 7.31. The number of amides is 1. The highest BCUT2D eigenvalue weighted by Gasteiger charge is 2.44. The lowest BCUT2D eigenvalue weighted by Gasteiger charge is -2.44. The lowest BCUT2D eigenvalue weighted by Crippen LogP contribution is -2.50. The number of carbonyl (C=O) groups excluding carboxylic acids is 1. The molecule has 0 radical (unpaired) electrons. The van der Waals surface area contributed by atoms with Gasteiger partial charge in [-0.1, -0.05) is 29.8 Å². The Kier molecular flexibility index (Phi) is 5.38. The van der Waals surface area contributed by atoms with Crippen LogP contribution < -0.4 is 0 Å². The fourth-order valence-electron chi connectivity index (χ4n) is 3.76. The number of hydrogen-bond donors (Lipinski definition) is 1. The number of thiol groups is 1. The van der Waals surface area contributed by atoms with Gasteiger partial charge < -0.3 is 4.90 Å². The summed E-state index contributed by atoms with van der Waals surface area (Å²) in [5.74, 6) is 1.72. The van der Waals surface area contributed by atoms with Crippen LogP contribution in [0.4, 0.5) is 0 Å². The van der Waals surface area contributed by atoms with E-state index in [0.717, 1.165) is 30.0 Å². The Morgan fingerprint density at radius 1 is 1.26 bits per heavy atom. The Balaban J connectivity index is 1.91. The summed E-state index contributed by atoms with van der Waals surface area (Å²) >= 11 is 10.6. The molecule has 0 aromatic heterocycles. The lowest BCUT2D eigenvalue weighted by molar-refractivity contribution is -0.145. The molecule has 1 aromatic carbocycles. The first-order chi connectivity index (χ1) is 11.2. The van der Waals surface area contributed by atoms with E-state index < -0.39 is 0 Å². The van der Waals surface area contributed by atoms with E-state index in [0.29, 0.717) is 5.92 Å². The zero-order valence-electron chi connectivity index (χ0n) is 13.3. The van der Waals surface area contributed by atoms with Crippen molar-refractivity contribution in [2.75, 3.05) is 5.75 Å². The summed E-state index contributed by atoms with van der Waals surface area (Å²) in [6.07, 6.45) is 7.01. The van der Waals surface area contributed by atoms with Gasteiger partial charge in [0.15, 0.2) is 0 Å². The van der Waals surface area contributed by atoms with E-state index in [-0.39, 0.29) is 23.9 Å². The van der Waals surface area contributed by atoms with Crippen LogP contribution in [0.3, 0.4) is 0 Å². The molecule has 1 amide bonds. The van der Waals surface area contributed by atoms with Gasteiger partial charge in [-0.05, 0) is 55.7 Å². The van der Waals surface area contributed by atoms with Crippen LogP contribution in [0.1, 0.15) is 43.7 Å². The summed E-state index contributed by atoms with van der Waals surface area (Å²) < 4.78 is 0. The standard InChI is InChI=1S/C19H24ClNOS/c1-2-3-15-8-11-17(13-6-9-16(20)10-7-13)21(19(15)22)18(12-23)14-4-5-14/h2,6-7,9-10,14-15,17-18,23H,1,3-5,8,11-12H2/t15-,17?,18?/m0/s1. The number of hydrogen-bond acceptors (Lipinski definition) is 2. The number of piperidine rings is 1. The minimum atomic E-state index is 0.0807. The van der Waals surface area contributed by atoms with E-state index in [1.807, 2.05) is 18.2 Å². The fourth-order valence-corrected chi connectivity index (χ4v) is 4.36. The molecule has 3 atom stereocenters. The van der Waals surface area contributed by atoms with Crippen LogP contribution in [-0.4, -0.2) is 22.6 Å². The Hall–Kier alpha value is -0.930. The minimum Gasteiger partial charge on any atom is -0.331 e. The molecule has 0 bridgehead atoms. The summed E-state index contributed by atoms with van der Waals surface area (Å²) in [5, 5.41) is 0.736. The molecule has 0 spiro atoms. The van der Waals surface area contributed by atoms with Crippen molar-refractivity contribution in [2.24, 2.45) is 11.8 Å². The van der Waals surface area contributed by atoms with E-state index in [1.165, 1.54) is 18.4 Å². The van der Waals surface area contributed by atoms with Crippen LogP contribution in [0.2, 0.25) is 5.02 Å². The molecule has 2 fully saturated rings. The predicted molar refractivity (Wildman–Crippen MR) is 98.9 cm³/mol. The minimum absolute atomic E-state index is 0.0807. The van der Waals surface area contributed by atoms with Crippen molar-refractivity contribution in [3.8, 4) is 0 Å². The number of likely N-dealkylation sites (tertiary alicyclic amines) is 1. The van der Waals surface area contributed by atoms with E-state index in [9.17, 15) is 4.79 Å². The second-order valence-corrected chi connectivity index (χ2v) is 7.50. The highest BCUT2D eigenvalue weighted by Crippen LogP contribution is 2.44. The van der Waals surface area contributed by atoms with Gasteiger partial charge in [-0.25, -0.2) is 0 Å². The molecule has 3 rings (SSSR count). The Labute approximate surface area is 149 Å². The van der Waals surface area contributed by atoms with E-state index >= 15 is 0 Å². The topological polar surface area (TPSA) is 20.3 Å². The van der Waals surface area contributed by atoms with Crippen molar-refractivity contribution in [1.29, 1.82) is 0 Å². The largest absolute Gasteiger partial charge is 0.331 e. The highest BCUT2D eigenvalue weighted by molar-refractivity contribution is 7.80. The van der Waals surface area contributed by atoms with Crippen molar-refractivity contribution in [2.45, 2.75) is 44.2 Å². The molecule has 2 unspecified atom stereocenters. The molecule has 1 saturated carbocycles. The first-order valence-corrected chi connectivity index (χ1v) is 9.46. The maximum Gasteiger partial charge on any atom is 0.226 e. The van der Waals surface area contributed by atoms with Crippen molar-refractivity contribution in [3.63, 3.8) is 0 Å². The van der Waals surface area contributed by atoms with Crippen molar-refractivity contribution < 1.29 is 4.79 Å². The normalized spacial score (nSPS) is 26.2. The molecule has 1 aromatic rings. The highest BCUT2D eigenvalue weighted by atomic mass is 35.5. The number of benzene rings is 1. The first kappa shape index (κ1) is 16.9. The van der Waals surface area contributed by atoms with Gasteiger partial charge in [0.25, 0.3) is 0 Å². The molecule has 2 aliphatic rings. The molecule has 23 heavy (non-hydrogen) atoms. The average molecular weight is 350 g/mol. The molecule has 1 aliphatic heterocycles. The van der Waals surface area contributed by atoms with Gasteiger partial charge in [0.05, 0.1) is 6.04 Å². The Morgan fingerprint density at radius 2 is 1.96 bits per heavy atom. The average Bonchev–Trinajstić information content (AvgIpc) is 3.38. The molecule has 1 aliphatic carbocycles. The molecule has 124 valence electrons. The first-order valence-electron chi connectivity index (χ1n) is 8.45. The van der Waals surface area contributed by atoms with Crippen LogP contribution in [0.5, 0.6) is 0 Å². The number of allylic oxidation sites excluding steroid dienone is 1. The number of halogens is 1. The quantitative estimate of drug-likeness (QED) is 0.572. The van der Waals surface area contributed by atoms with Crippen molar-refractivity contribution >= 4 is 30.1 Å². The van der Waals surface area contributed by atoms with Gasteiger partial charge in [0.2, 0.25) is 5.91 Å². The molecule has 4 heteroatoms. The molecule has 0 N–H and O–H groups in total. The van der Waals surface area contributed by atoms with Gasteiger partial charge in [0, 0.05) is 22.7 Å². The van der Waals surface area contributed by atoms with Gasteiger partial charge >= 0.3 is 0 Å². The maximum absolute atomic E-state index is 13.1. The molecular weight excluding hydrogens is 326 g/mol.